The standard InChI is InChI=1S/C23H15F15O2/c1-3-14(39)15-13(9-12(10(2)16(15)40)11-7-5-4-6-8-11)17(24,25)18(26,27)19(28,29)20(30,31)21(32,33)22(34,35)23(36,37)38/h4-9,40H,3H2,1-2H3. The summed E-state index contributed by atoms with van der Waals surface area (Å²) in [6.45, 7) is 1.83. The van der Waals surface area contributed by atoms with E-state index in [1.54, 1.807) is 0 Å². The third-order valence-electron chi connectivity index (χ3n) is 5.90. The number of carbonyl (C=O) groups excluding carboxylic acids is 1. The molecule has 0 saturated carbocycles. The number of carbonyl (C=O) groups is 1. The average Bonchev–Trinajstić information content (AvgIpc) is 2.84. The largest absolute Gasteiger partial charge is 0.507 e. The maximum Gasteiger partial charge on any atom is 0.460 e. The van der Waals surface area contributed by atoms with E-state index in [-0.39, 0.29) is 11.6 Å². The maximum absolute atomic E-state index is 15.2. The summed E-state index contributed by atoms with van der Waals surface area (Å²) in [4.78, 5) is 12.3. The van der Waals surface area contributed by atoms with Gasteiger partial charge in [0.25, 0.3) is 0 Å². The maximum atomic E-state index is 15.2. The van der Waals surface area contributed by atoms with Crippen LogP contribution in [0.3, 0.4) is 0 Å². The first-order valence-corrected chi connectivity index (χ1v) is 10.6. The van der Waals surface area contributed by atoms with Crippen LogP contribution >= 0.6 is 0 Å². The van der Waals surface area contributed by atoms with Gasteiger partial charge in [0.2, 0.25) is 0 Å². The summed E-state index contributed by atoms with van der Waals surface area (Å²) in [5.74, 6) is -51.3. The summed E-state index contributed by atoms with van der Waals surface area (Å²) in [6.07, 6.45) is -8.63. The average molecular weight is 608 g/mol. The lowest BCUT2D eigenvalue weighted by Gasteiger charge is -2.41. The van der Waals surface area contributed by atoms with Crippen LogP contribution < -0.4 is 0 Å². The zero-order valence-electron chi connectivity index (χ0n) is 19.7. The Morgan fingerprint density at radius 1 is 0.700 bits per heavy atom. The van der Waals surface area contributed by atoms with Crippen LogP contribution in [-0.4, -0.2) is 46.7 Å². The summed E-state index contributed by atoms with van der Waals surface area (Å²) in [6, 6.07) is 5.84. The van der Waals surface area contributed by atoms with E-state index in [4.69, 9.17) is 0 Å². The molecule has 0 aliphatic heterocycles. The van der Waals surface area contributed by atoms with Crippen LogP contribution in [0.15, 0.2) is 36.4 Å². The molecule has 0 aliphatic carbocycles. The summed E-state index contributed by atoms with van der Waals surface area (Å²) in [7, 11) is 0. The number of alkyl halides is 15. The topological polar surface area (TPSA) is 37.3 Å². The summed E-state index contributed by atoms with van der Waals surface area (Å²) in [5.41, 5.74) is -5.84. The second kappa shape index (κ2) is 9.75. The van der Waals surface area contributed by atoms with Crippen molar-refractivity contribution in [2.75, 3.05) is 0 Å². The van der Waals surface area contributed by atoms with Crippen LogP contribution in [0.4, 0.5) is 65.9 Å². The van der Waals surface area contributed by atoms with Gasteiger partial charge < -0.3 is 5.11 Å². The van der Waals surface area contributed by atoms with Crippen molar-refractivity contribution in [1.82, 2.24) is 0 Å². The number of hydrogen-bond acceptors (Lipinski definition) is 2. The molecule has 0 aromatic heterocycles. The molecule has 0 bridgehead atoms. The Balaban J connectivity index is 2.94. The number of hydrogen-bond donors (Lipinski definition) is 1. The zero-order valence-corrected chi connectivity index (χ0v) is 19.7. The summed E-state index contributed by atoms with van der Waals surface area (Å²) < 4.78 is 206. The molecule has 0 unspecified atom stereocenters. The van der Waals surface area contributed by atoms with E-state index in [2.05, 4.69) is 0 Å². The van der Waals surface area contributed by atoms with Crippen LogP contribution in [-0.2, 0) is 5.92 Å². The van der Waals surface area contributed by atoms with Gasteiger partial charge in [-0.3, -0.25) is 4.79 Å². The SMILES string of the molecule is CCC(=O)c1c(C(F)(F)C(F)(F)C(F)(F)C(F)(F)C(F)(F)C(F)(F)C(F)(F)F)cc(-c2ccccc2)c(C)c1O. The van der Waals surface area contributed by atoms with Gasteiger partial charge in [-0.2, -0.15) is 65.9 Å². The number of benzene rings is 2. The van der Waals surface area contributed by atoms with E-state index in [0.29, 0.717) is 0 Å². The van der Waals surface area contributed by atoms with E-state index in [1.165, 1.54) is 18.2 Å². The molecule has 40 heavy (non-hydrogen) atoms. The van der Waals surface area contributed by atoms with Crippen LogP contribution in [0.2, 0.25) is 0 Å². The minimum absolute atomic E-state index is 0.127. The van der Waals surface area contributed by atoms with Crippen molar-refractivity contribution in [3.8, 4) is 16.9 Å². The molecule has 2 rings (SSSR count). The first-order valence-electron chi connectivity index (χ1n) is 10.6. The number of halogens is 15. The fourth-order valence-electron chi connectivity index (χ4n) is 3.53. The number of aromatic hydroxyl groups is 1. The van der Waals surface area contributed by atoms with Gasteiger partial charge in [0.05, 0.1) is 5.56 Å². The fourth-order valence-corrected chi connectivity index (χ4v) is 3.53. The van der Waals surface area contributed by atoms with Crippen LogP contribution in [0.1, 0.15) is 34.8 Å². The lowest BCUT2D eigenvalue weighted by molar-refractivity contribution is -0.453. The molecule has 0 heterocycles. The zero-order chi connectivity index (χ0) is 31.5. The molecular formula is C23H15F15O2. The molecule has 224 valence electrons. The van der Waals surface area contributed by atoms with E-state index >= 15 is 8.78 Å². The number of phenolic OH excluding ortho intramolecular Hbond substituents is 1. The Bertz CT molecular complexity index is 1270. The van der Waals surface area contributed by atoms with Crippen molar-refractivity contribution < 1.29 is 75.8 Å². The van der Waals surface area contributed by atoms with Crippen molar-refractivity contribution in [2.24, 2.45) is 0 Å². The molecule has 0 aliphatic rings. The second-order valence-corrected chi connectivity index (χ2v) is 8.41. The van der Waals surface area contributed by atoms with Gasteiger partial charge in [0.15, 0.2) is 5.78 Å². The van der Waals surface area contributed by atoms with Gasteiger partial charge in [0, 0.05) is 12.0 Å². The quantitative estimate of drug-likeness (QED) is 0.228. The highest BCUT2D eigenvalue weighted by molar-refractivity contribution is 6.01. The van der Waals surface area contributed by atoms with Crippen LogP contribution in [0.5, 0.6) is 5.75 Å². The van der Waals surface area contributed by atoms with Crippen molar-refractivity contribution in [2.45, 2.75) is 62.0 Å². The fraction of sp³-hybridized carbons (Fsp3) is 0.435. The van der Waals surface area contributed by atoms with Gasteiger partial charge in [0.1, 0.15) is 5.75 Å². The van der Waals surface area contributed by atoms with E-state index in [1.807, 2.05) is 0 Å². The molecule has 0 saturated heterocycles. The normalized spacial score (nSPS) is 14.4. The highest BCUT2D eigenvalue weighted by Gasteiger charge is 2.93. The van der Waals surface area contributed by atoms with Crippen LogP contribution in [0, 0.1) is 6.92 Å². The first kappa shape index (κ1) is 33.1. The minimum Gasteiger partial charge on any atom is -0.507 e. The highest BCUT2D eigenvalue weighted by Crippen LogP contribution is 2.64. The second-order valence-electron chi connectivity index (χ2n) is 8.41. The molecule has 1 N–H and O–H groups in total. The highest BCUT2D eigenvalue weighted by atomic mass is 19.4. The van der Waals surface area contributed by atoms with Crippen molar-refractivity contribution in [3.63, 3.8) is 0 Å². The number of ketones is 1. The molecule has 0 atom stereocenters. The lowest BCUT2D eigenvalue weighted by atomic mass is 9.83. The Labute approximate surface area is 214 Å². The summed E-state index contributed by atoms with van der Waals surface area (Å²) >= 11 is 0. The van der Waals surface area contributed by atoms with Gasteiger partial charge >= 0.3 is 41.7 Å². The van der Waals surface area contributed by atoms with Crippen molar-refractivity contribution in [1.29, 1.82) is 0 Å². The third-order valence-corrected chi connectivity index (χ3v) is 5.90. The number of Topliss-reactive ketones (excluding diaryl/α,β-unsaturated/α-hetero) is 1. The molecule has 2 aromatic carbocycles. The third kappa shape index (κ3) is 4.44. The van der Waals surface area contributed by atoms with Crippen LogP contribution in [0.25, 0.3) is 11.1 Å². The molecule has 0 fully saturated rings. The van der Waals surface area contributed by atoms with Crippen molar-refractivity contribution in [3.05, 3.63) is 53.1 Å². The minimum atomic E-state index is -8.48. The van der Waals surface area contributed by atoms with Gasteiger partial charge in [-0.25, -0.2) is 0 Å². The predicted octanol–water partition coefficient (Wildman–Crippen LogP) is 8.79. The van der Waals surface area contributed by atoms with Gasteiger partial charge in [-0.1, -0.05) is 37.3 Å². The molecule has 0 spiro atoms. The van der Waals surface area contributed by atoms with E-state index in [0.717, 1.165) is 26.0 Å². The number of rotatable bonds is 9. The molecule has 0 radical (unpaired) electrons. The molecule has 2 nitrogen and oxygen atoms in total. The monoisotopic (exact) mass is 608 g/mol. The Morgan fingerprint density at radius 2 is 1.12 bits per heavy atom. The lowest BCUT2D eigenvalue weighted by Crippen LogP contribution is -2.72. The molecule has 0 amide bonds. The van der Waals surface area contributed by atoms with Crippen molar-refractivity contribution >= 4 is 5.78 Å². The van der Waals surface area contributed by atoms with Gasteiger partial charge in [-0.15, -0.1) is 0 Å². The van der Waals surface area contributed by atoms with E-state index < -0.39 is 81.9 Å². The Kier molecular flexibility index (Phi) is 8.06. The Morgan fingerprint density at radius 3 is 1.55 bits per heavy atom. The predicted molar refractivity (Wildman–Crippen MR) is 108 cm³/mol. The van der Waals surface area contributed by atoms with Gasteiger partial charge in [-0.05, 0) is 29.7 Å². The number of phenols is 1. The molecule has 2 aromatic rings. The smallest absolute Gasteiger partial charge is 0.460 e. The summed E-state index contributed by atoms with van der Waals surface area (Å²) in [5, 5.41) is 10.4. The Hall–Kier alpha value is -3.14. The molecule has 17 heteroatoms. The van der Waals surface area contributed by atoms with E-state index in [9.17, 15) is 67.0 Å². The first-order chi connectivity index (χ1) is 17.8. The molecular weight excluding hydrogens is 593 g/mol.